The lowest BCUT2D eigenvalue weighted by atomic mass is 9.84. The summed E-state index contributed by atoms with van der Waals surface area (Å²) in [5, 5.41) is 11.8. The van der Waals surface area contributed by atoms with E-state index in [-0.39, 0.29) is 17.7 Å². The fourth-order valence-electron chi connectivity index (χ4n) is 2.35. The molecule has 2 fully saturated rings. The highest BCUT2D eigenvalue weighted by atomic mass is 16.5. The number of nitrogens with one attached hydrogen (secondary N) is 1. The maximum Gasteiger partial charge on any atom is 0.326 e. The molecule has 0 aromatic heterocycles. The van der Waals surface area contributed by atoms with Crippen LogP contribution >= 0.6 is 0 Å². The van der Waals surface area contributed by atoms with Gasteiger partial charge in [-0.2, -0.15) is 0 Å². The summed E-state index contributed by atoms with van der Waals surface area (Å²) in [6, 6.07) is -0.789. The first-order chi connectivity index (χ1) is 8.18. The second kappa shape index (κ2) is 5.49. The molecule has 0 spiro atoms. The minimum atomic E-state index is -0.951. The molecule has 96 valence electrons. The molecule has 0 radical (unpaired) electrons. The number of hydrogen-bond acceptors (Lipinski definition) is 3. The highest BCUT2D eigenvalue weighted by Crippen LogP contribution is 2.27. The van der Waals surface area contributed by atoms with Crippen LogP contribution in [0.15, 0.2) is 0 Å². The van der Waals surface area contributed by atoms with E-state index in [1.54, 1.807) is 0 Å². The van der Waals surface area contributed by atoms with Crippen molar-refractivity contribution in [3.63, 3.8) is 0 Å². The molecule has 0 aromatic carbocycles. The zero-order valence-electron chi connectivity index (χ0n) is 9.85. The van der Waals surface area contributed by atoms with Gasteiger partial charge in [0.05, 0.1) is 6.61 Å². The summed E-state index contributed by atoms with van der Waals surface area (Å²) in [6.45, 7) is 1.13. The second-order valence-corrected chi connectivity index (χ2v) is 4.93. The molecular formula is C12H19NO4. The smallest absolute Gasteiger partial charge is 0.326 e. The van der Waals surface area contributed by atoms with Gasteiger partial charge in [-0.05, 0) is 25.7 Å². The van der Waals surface area contributed by atoms with Crippen LogP contribution in [0, 0.1) is 11.8 Å². The van der Waals surface area contributed by atoms with Gasteiger partial charge >= 0.3 is 5.97 Å². The number of carbonyl (C=O) groups is 2. The predicted molar refractivity (Wildman–Crippen MR) is 60.5 cm³/mol. The number of carbonyl (C=O) groups excluding carboxylic acids is 1. The van der Waals surface area contributed by atoms with E-state index >= 15 is 0 Å². The van der Waals surface area contributed by atoms with Crippen LogP contribution in [-0.2, 0) is 14.3 Å². The number of amides is 1. The molecule has 0 bridgehead atoms. The predicted octanol–water partition coefficient (Wildman–Crippen LogP) is 0.782. The van der Waals surface area contributed by atoms with Crippen LogP contribution < -0.4 is 5.32 Å². The number of aliphatic carboxylic acids is 1. The van der Waals surface area contributed by atoms with Crippen LogP contribution in [0.4, 0.5) is 0 Å². The molecule has 5 nitrogen and oxygen atoms in total. The van der Waals surface area contributed by atoms with Crippen LogP contribution in [0.2, 0.25) is 0 Å². The molecule has 1 aliphatic heterocycles. The summed E-state index contributed by atoms with van der Waals surface area (Å²) < 4.78 is 5.28. The maximum absolute atomic E-state index is 11.8. The molecule has 2 aliphatic rings. The van der Waals surface area contributed by atoms with E-state index in [9.17, 15) is 14.7 Å². The average Bonchev–Trinajstić information content (AvgIpc) is 2.24. The van der Waals surface area contributed by atoms with Gasteiger partial charge < -0.3 is 15.2 Å². The first-order valence-electron chi connectivity index (χ1n) is 6.29. The lowest BCUT2D eigenvalue weighted by Crippen LogP contribution is -2.50. The minimum absolute atomic E-state index is 0.0290. The topological polar surface area (TPSA) is 75.6 Å². The number of carboxylic acid groups (broad SMARTS) is 1. The summed E-state index contributed by atoms with van der Waals surface area (Å²) in [5.74, 6) is -1.12. The number of rotatable bonds is 4. The Hall–Kier alpha value is -1.10. The summed E-state index contributed by atoms with van der Waals surface area (Å²) in [4.78, 5) is 23.0. The molecule has 1 saturated heterocycles. The number of carboxylic acids is 1. The fraction of sp³-hybridized carbons (Fsp3) is 0.833. The van der Waals surface area contributed by atoms with Gasteiger partial charge in [0.2, 0.25) is 5.91 Å². The van der Waals surface area contributed by atoms with E-state index in [1.807, 2.05) is 0 Å². The Kier molecular flexibility index (Phi) is 3.99. The largest absolute Gasteiger partial charge is 0.480 e. The molecule has 2 N–H and O–H groups in total. The highest BCUT2D eigenvalue weighted by molar-refractivity contribution is 5.85. The van der Waals surface area contributed by atoms with Crippen LogP contribution in [0.1, 0.15) is 32.1 Å². The van der Waals surface area contributed by atoms with E-state index in [2.05, 4.69) is 5.32 Å². The van der Waals surface area contributed by atoms with Gasteiger partial charge in [0.15, 0.2) is 0 Å². The summed E-state index contributed by atoms with van der Waals surface area (Å²) in [6.07, 6.45) is 4.52. The van der Waals surface area contributed by atoms with Crippen molar-refractivity contribution in [3.8, 4) is 0 Å². The van der Waals surface area contributed by atoms with Gasteiger partial charge in [-0.25, -0.2) is 4.79 Å². The lowest BCUT2D eigenvalue weighted by molar-refractivity contribution is -0.146. The van der Waals surface area contributed by atoms with E-state index in [4.69, 9.17) is 4.74 Å². The standard InChI is InChI=1S/C12H19NO4/c14-11(8-3-1-4-8)13-10(12(15)16)9-5-2-6-17-7-9/h8-10H,1-7H2,(H,13,14)(H,15,16). The molecule has 1 aliphatic carbocycles. The first kappa shape index (κ1) is 12.4. The average molecular weight is 241 g/mol. The zero-order valence-corrected chi connectivity index (χ0v) is 9.85. The molecule has 2 atom stereocenters. The Morgan fingerprint density at radius 3 is 2.47 bits per heavy atom. The van der Waals surface area contributed by atoms with E-state index in [0.29, 0.717) is 13.2 Å². The van der Waals surface area contributed by atoms with Gasteiger partial charge in [-0.3, -0.25) is 4.79 Å². The van der Waals surface area contributed by atoms with E-state index in [0.717, 1.165) is 32.1 Å². The normalized spacial score (nSPS) is 26.9. The first-order valence-corrected chi connectivity index (χ1v) is 6.29. The van der Waals surface area contributed by atoms with E-state index < -0.39 is 12.0 Å². The van der Waals surface area contributed by atoms with E-state index in [1.165, 1.54) is 0 Å². The Morgan fingerprint density at radius 1 is 1.24 bits per heavy atom. The van der Waals surface area contributed by atoms with Gasteiger partial charge in [-0.15, -0.1) is 0 Å². The summed E-state index contributed by atoms with van der Waals surface area (Å²) >= 11 is 0. The third kappa shape index (κ3) is 2.97. The van der Waals surface area contributed by atoms with Crippen molar-refractivity contribution in [1.82, 2.24) is 5.32 Å². The summed E-state index contributed by atoms with van der Waals surface area (Å²) in [5.41, 5.74) is 0. The van der Waals surface area contributed by atoms with Crippen molar-refractivity contribution < 1.29 is 19.4 Å². The third-order valence-corrected chi connectivity index (χ3v) is 3.71. The fourth-order valence-corrected chi connectivity index (χ4v) is 2.35. The molecule has 17 heavy (non-hydrogen) atoms. The van der Waals surface area contributed by atoms with Crippen molar-refractivity contribution in [2.45, 2.75) is 38.1 Å². The SMILES string of the molecule is O=C(NC(C(=O)O)C1CCCOC1)C1CCC1. The summed E-state index contributed by atoms with van der Waals surface area (Å²) in [7, 11) is 0. The Morgan fingerprint density at radius 2 is 2.00 bits per heavy atom. The molecule has 1 heterocycles. The number of ether oxygens (including phenoxy) is 1. The third-order valence-electron chi connectivity index (χ3n) is 3.71. The molecular weight excluding hydrogens is 222 g/mol. The Balaban J connectivity index is 1.91. The highest BCUT2D eigenvalue weighted by Gasteiger charge is 2.34. The van der Waals surface area contributed by atoms with Crippen molar-refractivity contribution in [3.05, 3.63) is 0 Å². The minimum Gasteiger partial charge on any atom is -0.480 e. The van der Waals surface area contributed by atoms with Crippen molar-refractivity contribution in [2.75, 3.05) is 13.2 Å². The molecule has 1 saturated carbocycles. The quantitative estimate of drug-likeness (QED) is 0.762. The van der Waals surface area contributed by atoms with Gasteiger partial charge in [-0.1, -0.05) is 6.42 Å². The van der Waals surface area contributed by atoms with Crippen molar-refractivity contribution >= 4 is 11.9 Å². The molecule has 1 amide bonds. The van der Waals surface area contributed by atoms with Gasteiger partial charge in [0.25, 0.3) is 0 Å². The Labute approximate surface area is 101 Å². The van der Waals surface area contributed by atoms with Crippen LogP contribution in [0.25, 0.3) is 0 Å². The maximum atomic E-state index is 11.8. The van der Waals surface area contributed by atoms with Crippen molar-refractivity contribution in [1.29, 1.82) is 0 Å². The van der Waals surface area contributed by atoms with Crippen LogP contribution in [0.5, 0.6) is 0 Å². The second-order valence-electron chi connectivity index (χ2n) is 4.93. The molecule has 2 unspecified atom stereocenters. The van der Waals surface area contributed by atoms with Gasteiger partial charge in [0.1, 0.15) is 6.04 Å². The monoisotopic (exact) mass is 241 g/mol. The molecule has 5 heteroatoms. The van der Waals surface area contributed by atoms with Crippen LogP contribution in [0.3, 0.4) is 0 Å². The zero-order chi connectivity index (χ0) is 12.3. The van der Waals surface area contributed by atoms with Crippen molar-refractivity contribution in [2.24, 2.45) is 11.8 Å². The number of hydrogen-bond donors (Lipinski definition) is 2. The van der Waals surface area contributed by atoms with Crippen LogP contribution in [-0.4, -0.2) is 36.2 Å². The Bertz CT molecular complexity index is 295. The lowest BCUT2D eigenvalue weighted by Gasteiger charge is -2.31. The molecule has 2 rings (SSSR count). The van der Waals surface area contributed by atoms with Gasteiger partial charge in [0, 0.05) is 18.4 Å². The molecule has 0 aromatic rings.